The highest BCUT2D eigenvalue weighted by Crippen LogP contribution is 2.27. The molecule has 24 heavy (non-hydrogen) atoms. The van der Waals surface area contributed by atoms with E-state index in [1.54, 1.807) is 18.2 Å². The zero-order valence-corrected chi connectivity index (χ0v) is 15.0. The van der Waals surface area contributed by atoms with Crippen LogP contribution in [0.2, 0.25) is 10.0 Å². The molecule has 0 fully saturated rings. The molecule has 0 spiro atoms. The number of halogens is 2. The van der Waals surface area contributed by atoms with Crippen molar-refractivity contribution in [2.24, 2.45) is 0 Å². The molecule has 0 atom stereocenters. The first kappa shape index (κ1) is 18.6. The van der Waals surface area contributed by atoms with Gasteiger partial charge in [-0.15, -0.1) is 0 Å². The lowest BCUT2D eigenvalue weighted by Gasteiger charge is -2.08. The van der Waals surface area contributed by atoms with E-state index in [2.05, 4.69) is 14.7 Å². The average Bonchev–Trinajstić information content (AvgIpc) is 2.52. The quantitative estimate of drug-likeness (QED) is 0.339. The van der Waals surface area contributed by atoms with Crippen LogP contribution in [0.1, 0.15) is 5.69 Å². The van der Waals surface area contributed by atoms with Gasteiger partial charge in [-0.3, -0.25) is 9.59 Å². The molecule has 0 unspecified atom stereocenters. The van der Waals surface area contributed by atoms with Gasteiger partial charge >= 0.3 is 5.97 Å². The molecule has 0 amide bonds. The molecule has 0 saturated heterocycles. The Morgan fingerprint density at radius 2 is 2.12 bits per heavy atom. The van der Waals surface area contributed by atoms with E-state index in [-0.39, 0.29) is 12.0 Å². The standard InChI is InChI=1S/C15H14Cl2N2O4S/c1-22-14(21)8-10-7-13(20)19-15(18-10)24-5-4-23-12-3-2-9(16)6-11(12)17/h2-3,6-7H,4-5,8H2,1H3,(H,18,19,20). The average molecular weight is 389 g/mol. The predicted molar refractivity (Wildman–Crippen MR) is 93.3 cm³/mol. The van der Waals surface area contributed by atoms with E-state index < -0.39 is 5.97 Å². The zero-order valence-electron chi connectivity index (χ0n) is 12.7. The molecule has 1 N–H and O–H groups in total. The van der Waals surface area contributed by atoms with E-state index in [1.807, 2.05) is 0 Å². The highest BCUT2D eigenvalue weighted by atomic mass is 35.5. The van der Waals surface area contributed by atoms with Crippen molar-refractivity contribution in [3.63, 3.8) is 0 Å². The fourth-order valence-corrected chi connectivity index (χ4v) is 2.92. The van der Waals surface area contributed by atoms with Gasteiger partial charge in [0, 0.05) is 16.8 Å². The normalized spacial score (nSPS) is 10.5. The zero-order chi connectivity index (χ0) is 17.5. The van der Waals surface area contributed by atoms with Crippen LogP contribution in [0.5, 0.6) is 5.75 Å². The second-order valence-corrected chi connectivity index (χ2v) is 6.49. The van der Waals surface area contributed by atoms with Crippen molar-refractivity contribution in [2.75, 3.05) is 19.5 Å². The Balaban J connectivity index is 1.90. The van der Waals surface area contributed by atoms with Gasteiger partial charge in [0.25, 0.3) is 5.56 Å². The van der Waals surface area contributed by atoms with Crippen LogP contribution in [-0.4, -0.2) is 35.4 Å². The first-order valence-corrected chi connectivity index (χ1v) is 8.60. The molecule has 128 valence electrons. The molecular weight excluding hydrogens is 375 g/mol. The van der Waals surface area contributed by atoms with Gasteiger partial charge in [-0.25, -0.2) is 4.98 Å². The Morgan fingerprint density at radius 3 is 2.83 bits per heavy atom. The highest BCUT2D eigenvalue weighted by Gasteiger charge is 2.08. The molecule has 1 aromatic heterocycles. The summed E-state index contributed by atoms with van der Waals surface area (Å²) in [5.41, 5.74) is 0.0304. The summed E-state index contributed by atoms with van der Waals surface area (Å²) in [6.45, 7) is 0.358. The fourth-order valence-electron chi connectivity index (χ4n) is 1.74. The summed E-state index contributed by atoms with van der Waals surface area (Å²) in [7, 11) is 1.28. The Hall–Kier alpha value is -1.70. The van der Waals surface area contributed by atoms with Crippen LogP contribution in [0.25, 0.3) is 0 Å². The smallest absolute Gasteiger partial charge is 0.311 e. The molecule has 0 radical (unpaired) electrons. The molecule has 2 aromatic rings. The third-order valence-electron chi connectivity index (χ3n) is 2.80. The lowest BCUT2D eigenvalue weighted by atomic mass is 10.3. The molecule has 1 heterocycles. The fraction of sp³-hybridized carbons (Fsp3) is 0.267. The third kappa shape index (κ3) is 5.74. The summed E-state index contributed by atoms with van der Waals surface area (Å²) in [5, 5.41) is 1.37. The minimum Gasteiger partial charge on any atom is -0.491 e. The largest absolute Gasteiger partial charge is 0.491 e. The summed E-state index contributed by atoms with van der Waals surface area (Å²) >= 11 is 13.1. The summed E-state index contributed by atoms with van der Waals surface area (Å²) < 4.78 is 10.1. The number of ether oxygens (including phenoxy) is 2. The maximum absolute atomic E-state index is 11.6. The Bertz CT molecular complexity index is 782. The van der Waals surface area contributed by atoms with Crippen LogP contribution in [0, 0.1) is 0 Å². The Morgan fingerprint density at radius 1 is 1.33 bits per heavy atom. The van der Waals surface area contributed by atoms with Crippen LogP contribution in [-0.2, 0) is 16.0 Å². The number of carbonyl (C=O) groups excluding carboxylic acids is 1. The number of nitrogens with zero attached hydrogens (tertiary/aromatic N) is 1. The number of hydrogen-bond acceptors (Lipinski definition) is 6. The van der Waals surface area contributed by atoms with Gasteiger partial charge in [-0.2, -0.15) is 0 Å². The van der Waals surface area contributed by atoms with Gasteiger partial charge in [0.2, 0.25) is 0 Å². The maximum atomic E-state index is 11.6. The highest BCUT2D eigenvalue weighted by molar-refractivity contribution is 7.99. The van der Waals surface area contributed by atoms with Crippen molar-refractivity contribution < 1.29 is 14.3 Å². The number of thioether (sulfide) groups is 1. The number of aromatic nitrogens is 2. The van der Waals surface area contributed by atoms with Crippen molar-refractivity contribution in [3.8, 4) is 5.75 Å². The lowest BCUT2D eigenvalue weighted by molar-refractivity contribution is -0.139. The Kier molecular flexibility index (Phi) is 6.96. The molecule has 0 saturated carbocycles. The third-order valence-corrected chi connectivity index (χ3v) is 4.17. The molecule has 0 aliphatic heterocycles. The maximum Gasteiger partial charge on any atom is 0.311 e. The van der Waals surface area contributed by atoms with E-state index >= 15 is 0 Å². The van der Waals surface area contributed by atoms with Crippen molar-refractivity contribution in [1.29, 1.82) is 0 Å². The molecule has 0 aliphatic carbocycles. The lowest BCUT2D eigenvalue weighted by Crippen LogP contribution is -2.14. The van der Waals surface area contributed by atoms with Crippen molar-refractivity contribution in [3.05, 3.63) is 50.4 Å². The molecule has 0 aliphatic rings. The van der Waals surface area contributed by atoms with Gasteiger partial charge in [0.1, 0.15) is 5.75 Å². The molecule has 9 heteroatoms. The summed E-state index contributed by atoms with van der Waals surface area (Å²) in [5.74, 6) is 0.608. The molecular formula is C15H14Cl2N2O4S. The SMILES string of the molecule is COC(=O)Cc1cc(=O)[nH]c(SCCOc2ccc(Cl)cc2Cl)n1. The van der Waals surface area contributed by atoms with Gasteiger partial charge < -0.3 is 14.5 Å². The number of methoxy groups -OCH3 is 1. The minimum absolute atomic E-state index is 0.0507. The van der Waals surface area contributed by atoms with Crippen LogP contribution in [0.15, 0.2) is 34.2 Å². The van der Waals surface area contributed by atoms with E-state index in [1.165, 1.54) is 24.9 Å². The predicted octanol–water partition coefficient (Wildman–Crippen LogP) is 2.96. The topological polar surface area (TPSA) is 81.3 Å². The summed E-state index contributed by atoms with van der Waals surface area (Å²) in [6.07, 6.45) is -0.0507. The van der Waals surface area contributed by atoms with Gasteiger partial charge in [-0.05, 0) is 18.2 Å². The van der Waals surface area contributed by atoms with E-state index in [9.17, 15) is 9.59 Å². The number of carbonyl (C=O) groups is 1. The first-order chi connectivity index (χ1) is 11.5. The second-order valence-electron chi connectivity index (χ2n) is 4.57. The number of benzene rings is 1. The van der Waals surface area contributed by atoms with E-state index in [0.29, 0.717) is 39.0 Å². The number of aromatic amines is 1. The van der Waals surface area contributed by atoms with Crippen molar-refractivity contribution >= 4 is 40.9 Å². The van der Waals surface area contributed by atoms with E-state index in [4.69, 9.17) is 27.9 Å². The number of H-pyrrole nitrogens is 1. The summed E-state index contributed by atoms with van der Waals surface area (Å²) in [6, 6.07) is 6.24. The van der Waals surface area contributed by atoms with Crippen LogP contribution < -0.4 is 10.3 Å². The number of rotatable bonds is 7. The molecule has 0 bridgehead atoms. The number of esters is 1. The molecule has 2 rings (SSSR count). The van der Waals surface area contributed by atoms with E-state index in [0.717, 1.165) is 0 Å². The van der Waals surface area contributed by atoms with Gasteiger partial charge in [0.15, 0.2) is 5.16 Å². The second kappa shape index (κ2) is 8.96. The Labute approximate surface area is 152 Å². The monoisotopic (exact) mass is 388 g/mol. The van der Waals surface area contributed by atoms with Crippen LogP contribution in [0.4, 0.5) is 0 Å². The summed E-state index contributed by atoms with van der Waals surface area (Å²) in [4.78, 5) is 29.6. The molecule has 1 aromatic carbocycles. The van der Waals surface area contributed by atoms with Crippen molar-refractivity contribution in [2.45, 2.75) is 11.6 Å². The molecule has 6 nitrogen and oxygen atoms in total. The number of nitrogens with one attached hydrogen (secondary N) is 1. The van der Waals surface area contributed by atoms with Crippen LogP contribution >= 0.6 is 35.0 Å². The van der Waals surface area contributed by atoms with Crippen LogP contribution in [0.3, 0.4) is 0 Å². The van der Waals surface area contributed by atoms with Crippen molar-refractivity contribution in [1.82, 2.24) is 9.97 Å². The first-order valence-electron chi connectivity index (χ1n) is 6.85. The van der Waals surface area contributed by atoms with Gasteiger partial charge in [0.05, 0.1) is 30.9 Å². The van der Waals surface area contributed by atoms with Gasteiger partial charge in [-0.1, -0.05) is 35.0 Å². The number of hydrogen-bond donors (Lipinski definition) is 1. The minimum atomic E-state index is -0.454.